The van der Waals surface area contributed by atoms with Crippen molar-refractivity contribution in [2.24, 2.45) is 5.41 Å². The third-order valence-electron chi connectivity index (χ3n) is 6.73. The topological polar surface area (TPSA) is 263 Å². The van der Waals surface area contributed by atoms with Gasteiger partial charge in [-0.25, -0.2) is 19.6 Å². The lowest BCUT2D eigenvalue weighted by Crippen LogP contribution is -2.43. The van der Waals surface area contributed by atoms with Crippen LogP contribution in [0.2, 0.25) is 0 Å². The van der Waals surface area contributed by atoms with Crippen LogP contribution in [-0.2, 0) is 59.7 Å². The molecule has 2 rings (SSSR count). The van der Waals surface area contributed by atoms with Gasteiger partial charge in [0.2, 0.25) is 11.8 Å². The van der Waals surface area contributed by atoms with Gasteiger partial charge in [0.25, 0.3) is 0 Å². The summed E-state index contributed by atoms with van der Waals surface area (Å²) in [5, 5.41) is 41.0. The molecule has 0 aromatic carbocycles. The molecule has 2 atom stereocenters. The van der Waals surface area contributed by atoms with E-state index >= 15 is 0 Å². The van der Waals surface area contributed by atoms with Gasteiger partial charge in [-0.2, -0.15) is 0 Å². The summed E-state index contributed by atoms with van der Waals surface area (Å²) in [6.07, 6.45) is 4.29. The van der Waals surface area contributed by atoms with Gasteiger partial charge in [-0.05, 0) is 12.8 Å². The summed E-state index contributed by atoms with van der Waals surface area (Å²) in [4.78, 5) is 93.2. The highest BCUT2D eigenvalue weighted by Crippen LogP contribution is 2.18. The first kappa shape index (κ1) is 37.1. The van der Waals surface area contributed by atoms with Gasteiger partial charge in [-0.3, -0.25) is 28.9 Å². The molecule has 18 nitrogen and oxygen atoms in total. The van der Waals surface area contributed by atoms with E-state index in [1.807, 2.05) is 0 Å². The smallest absolute Gasteiger partial charge is 0.326 e. The van der Waals surface area contributed by atoms with Gasteiger partial charge in [0.15, 0.2) is 5.78 Å². The van der Waals surface area contributed by atoms with Crippen molar-refractivity contribution in [3.05, 3.63) is 36.4 Å². The van der Waals surface area contributed by atoms with E-state index in [0.29, 0.717) is 11.6 Å². The average molecular weight is 650 g/mol. The first-order chi connectivity index (χ1) is 21.5. The zero-order valence-electron chi connectivity index (χ0n) is 25.7. The number of nitrogens with one attached hydrogen (secondary N) is 2. The van der Waals surface area contributed by atoms with Crippen LogP contribution in [0.5, 0.6) is 0 Å². The molecule has 0 aliphatic carbocycles. The van der Waals surface area contributed by atoms with Gasteiger partial charge in [0, 0.05) is 43.0 Å². The molecule has 2 heterocycles. The Bertz CT molecular complexity index is 1330. The molecule has 252 valence electrons. The molecule has 2 aromatic heterocycles. The molecule has 0 bridgehead atoms. The first-order valence-electron chi connectivity index (χ1n) is 14.2. The molecule has 0 aliphatic heterocycles. The van der Waals surface area contributed by atoms with Crippen LogP contribution in [0.1, 0.15) is 58.1 Å². The highest BCUT2D eigenvalue weighted by molar-refractivity contribution is 5.86. The summed E-state index contributed by atoms with van der Waals surface area (Å²) in [7, 11) is 0. The molecule has 2 aromatic rings. The summed E-state index contributed by atoms with van der Waals surface area (Å²) in [6, 6.07) is -2.81. The number of imidazole rings is 2. The quantitative estimate of drug-likeness (QED) is 0.106. The zero-order chi connectivity index (χ0) is 34.6. The molecule has 0 spiro atoms. The van der Waals surface area contributed by atoms with E-state index in [-0.39, 0.29) is 51.3 Å². The lowest BCUT2D eigenvalue weighted by molar-refractivity contribution is -0.144. The number of ketones is 1. The van der Waals surface area contributed by atoms with Crippen LogP contribution in [0.4, 0.5) is 0 Å². The number of hydrogen-bond donors (Lipinski definition) is 6. The Hall–Kier alpha value is -5.13. The van der Waals surface area contributed by atoms with Gasteiger partial charge in [0.05, 0.1) is 19.6 Å². The van der Waals surface area contributed by atoms with E-state index < -0.39 is 66.0 Å². The normalized spacial score (nSPS) is 12.7. The third kappa shape index (κ3) is 12.5. The SMILES string of the molecule is CC(C)(C)C(=O)CN(Cc1nccn1CC(=O)N[C@@H](CCC(=O)O)C(=O)O)Cc1nccn1CC(=O)N[C@@H](CCC(=O)O)C(=O)O. The molecule has 0 saturated carbocycles. The van der Waals surface area contributed by atoms with Gasteiger partial charge >= 0.3 is 23.9 Å². The number of aliphatic carboxylic acids is 4. The first-order valence-corrected chi connectivity index (χ1v) is 14.2. The molecular formula is C28H39N7O11. The molecule has 6 N–H and O–H groups in total. The summed E-state index contributed by atoms with van der Waals surface area (Å²) in [6.45, 7) is 4.54. The monoisotopic (exact) mass is 649 g/mol. The zero-order valence-corrected chi connectivity index (χ0v) is 25.7. The molecule has 0 unspecified atom stereocenters. The largest absolute Gasteiger partial charge is 0.481 e. The van der Waals surface area contributed by atoms with E-state index in [1.54, 1.807) is 25.7 Å². The fraction of sp³-hybridized carbons (Fsp3) is 0.536. The molecule has 0 fully saturated rings. The number of Topliss-reactive ketones (excluding diaryl/α,β-unsaturated/α-hetero) is 1. The molecule has 2 amide bonds. The van der Waals surface area contributed by atoms with Crippen LogP contribution in [0, 0.1) is 5.41 Å². The standard InChI is InChI=1S/C28H39N7O11/c1-28(2,3)19(36)12-33(13-20-29-8-10-34(20)15-22(37)31-17(26(43)44)4-6-24(39)40)14-21-30-9-11-35(21)16-23(38)32-18(27(45)46)5-7-25(41)42/h8-11,17-18H,4-7,12-16H2,1-3H3,(H,31,37)(H,32,38)(H,39,40)(H,41,42)(H,43,44)(H,45,46)/t17-,18-/m0/s1. The number of carbonyl (C=O) groups excluding carboxylic acids is 3. The number of carboxylic acid groups (broad SMARTS) is 4. The van der Waals surface area contributed by atoms with Crippen LogP contribution in [-0.4, -0.2) is 105 Å². The van der Waals surface area contributed by atoms with Crippen molar-refractivity contribution < 1.29 is 54.0 Å². The molecule has 0 radical (unpaired) electrons. The number of rotatable bonds is 20. The Balaban J connectivity index is 2.20. The molecule has 46 heavy (non-hydrogen) atoms. The van der Waals surface area contributed by atoms with Crippen molar-refractivity contribution in [2.75, 3.05) is 6.54 Å². The summed E-state index contributed by atoms with van der Waals surface area (Å²) < 4.78 is 2.90. The number of nitrogens with zero attached hydrogens (tertiary/aromatic N) is 5. The lowest BCUT2D eigenvalue weighted by Gasteiger charge is -2.26. The van der Waals surface area contributed by atoms with Gasteiger partial charge in [-0.15, -0.1) is 0 Å². The van der Waals surface area contributed by atoms with Crippen LogP contribution in [0.15, 0.2) is 24.8 Å². The predicted molar refractivity (Wildman–Crippen MR) is 156 cm³/mol. The number of carbonyl (C=O) groups is 7. The maximum absolute atomic E-state index is 13.0. The van der Waals surface area contributed by atoms with Crippen molar-refractivity contribution in [3.8, 4) is 0 Å². The minimum absolute atomic E-state index is 0.0266. The van der Waals surface area contributed by atoms with E-state index in [2.05, 4.69) is 20.6 Å². The number of hydrogen-bond acceptors (Lipinski definition) is 10. The minimum Gasteiger partial charge on any atom is -0.481 e. The summed E-state index contributed by atoms with van der Waals surface area (Å²) in [5.74, 6) is -6.01. The predicted octanol–water partition coefficient (Wildman–Crippen LogP) is -0.435. The second-order valence-electron chi connectivity index (χ2n) is 11.5. The molecule has 0 aliphatic rings. The molecule has 18 heteroatoms. The van der Waals surface area contributed by atoms with Crippen LogP contribution >= 0.6 is 0 Å². The Morgan fingerprint density at radius 1 is 0.739 bits per heavy atom. The minimum atomic E-state index is -1.41. The van der Waals surface area contributed by atoms with Crippen molar-refractivity contribution in [1.82, 2.24) is 34.6 Å². The Labute approximate surface area is 263 Å². The number of carboxylic acids is 4. The summed E-state index contributed by atoms with van der Waals surface area (Å²) >= 11 is 0. The van der Waals surface area contributed by atoms with Crippen molar-refractivity contribution in [1.29, 1.82) is 0 Å². The second-order valence-corrected chi connectivity index (χ2v) is 11.5. The fourth-order valence-electron chi connectivity index (χ4n) is 4.12. The van der Waals surface area contributed by atoms with Crippen molar-refractivity contribution >= 4 is 41.5 Å². The fourth-order valence-corrected chi connectivity index (χ4v) is 4.12. The molecule has 0 saturated heterocycles. The van der Waals surface area contributed by atoms with Crippen LogP contribution < -0.4 is 10.6 Å². The number of amides is 2. The Morgan fingerprint density at radius 3 is 1.46 bits per heavy atom. The lowest BCUT2D eigenvalue weighted by atomic mass is 9.90. The van der Waals surface area contributed by atoms with E-state index in [1.165, 1.54) is 33.9 Å². The second kappa shape index (κ2) is 16.8. The maximum Gasteiger partial charge on any atom is 0.326 e. The van der Waals surface area contributed by atoms with Crippen LogP contribution in [0.3, 0.4) is 0 Å². The Morgan fingerprint density at radius 2 is 1.13 bits per heavy atom. The summed E-state index contributed by atoms with van der Waals surface area (Å²) in [5.41, 5.74) is -0.716. The van der Waals surface area contributed by atoms with Gasteiger partial charge in [-0.1, -0.05) is 20.8 Å². The van der Waals surface area contributed by atoms with Crippen LogP contribution in [0.25, 0.3) is 0 Å². The Kier molecular flexibility index (Phi) is 13.5. The van der Waals surface area contributed by atoms with Gasteiger partial charge in [0.1, 0.15) is 36.8 Å². The van der Waals surface area contributed by atoms with Crippen molar-refractivity contribution in [2.45, 2.75) is 84.7 Å². The maximum atomic E-state index is 13.0. The third-order valence-corrected chi connectivity index (χ3v) is 6.73. The molecular weight excluding hydrogens is 610 g/mol. The van der Waals surface area contributed by atoms with Gasteiger partial charge < -0.3 is 40.2 Å². The average Bonchev–Trinajstić information content (AvgIpc) is 3.56. The highest BCUT2D eigenvalue weighted by atomic mass is 16.4. The van der Waals surface area contributed by atoms with E-state index in [0.717, 1.165) is 0 Å². The van der Waals surface area contributed by atoms with E-state index in [9.17, 15) is 43.8 Å². The number of aromatic nitrogens is 4. The van der Waals surface area contributed by atoms with Crippen molar-refractivity contribution in [3.63, 3.8) is 0 Å². The highest BCUT2D eigenvalue weighted by Gasteiger charge is 2.27. The van der Waals surface area contributed by atoms with E-state index in [4.69, 9.17) is 10.2 Å².